The second-order valence-electron chi connectivity index (χ2n) is 4.76. The van der Waals surface area contributed by atoms with Gasteiger partial charge in [0.2, 0.25) is 0 Å². The zero-order valence-electron chi connectivity index (χ0n) is 12.1. The first-order valence-corrected chi connectivity index (χ1v) is 7.42. The zero-order chi connectivity index (χ0) is 15.2. The minimum atomic E-state index is -0.0835. The number of halogens is 1. The molecule has 1 aromatic carbocycles. The molecular weight excluding hydrogens is 334 g/mol. The average molecular weight is 352 g/mol. The molecule has 112 valence electrons. The number of methoxy groups -OCH3 is 1. The van der Waals surface area contributed by atoms with Gasteiger partial charge in [-0.1, -0.05) is 28.1 Å². The lowest BCUT2D eigenvalue weighted by Gasteiger charge is -2.15. The normalized spacial score (nSPS) is 10.6. The molecule has 0 radical (unpaired) electrons. The molecule has 0 aliphatic rings. The predicted octanol–water partition coefficient (Wildman–Crippen LogP) is 2.56. The topological polar surface area (TPSA) is 47.4 Å². The third kappa shape index (κ3) is 4.41. The van der Waals surface area contributed by atoms with E-state index in [0.717, 1.165) is 10.9 Å². The first-order chi connectivity index (χ1) is 10.1. The molecule has 5 nitrogen and oxygen atoms in total. The van der Waals surface area contributed by atoms with E-state index >= 15 is 0 Å². The van der Waals surface area contributed by atoms with Crippen molar-refractivity contribution in [2.75, 3.05) is 20.7 Å². The molecule has 0 unspecified atom stereocenters. The third-order valence-corrected chi connectivity index (χ3v) is 3.59. The summed E-state index contributed by atoms with van der Waals surface area (Å²) in [6.07, 6.45) is 2.54. The van der Waals surface area contributed by atoms with Crippen LogP contribution in [0.15, 0.2) is 41.0 Å². The Morgan fingerprint density at radius 3 is 2.95 bits per heavy atom. The Bertz CT molecular complexity index is 612. The molecule has 0 N–H and O–H groups in total. The van der Waals surface area contributed by atoms with Crippen LogP contribution in [0.25, 0.3) is 0 Å². The van der Waals surface area contributed by atoms with E-state index in [1.807, 2.05) is 12.1 Å². The Hall–Kier alpha value is -1.66. The molecule has 1 amide bonds. The largest absolute Gasteiger partial charge is 0.362 e. The minimum Gasteiger partial charge on any atom is -0.362 e. The van der Waals surface area contributed by atoms with Crippen molar-refractivity contribution in [1.82, 2.24) is 14.7 Å². The number of ether oxygens (including phenoxy) is 1. The van der Waals surface area contributed by atoms with Crippen LogP contribution in [-0.2, 0) is 17.9 Å². The second-order valence-corrected chi connectivity index (χ2v) is 5.68. The first kappa shape index (κ1) is 15.7. The number of aromatic nitrogens is 2. The highest BCUT2D eigenvalue weighted by Crippen LogP contribution is 2.12. The summed E-state index contributed by atoms with van der Waals surface area (Å²) in [6, 6.07) is 9.80. The summed E-state index contributed by atoms with van der Waals surface area (Å²) in [5.41, 5.74) is 1.62. The van der Waals surface area contributed by atoms with Crippen molar-refractivity contribution in [3.8, 4) is 0 Å². The maximum Gasteiger partial charge on any atom is 0.274 e. The molecular formula is C15H18BrN3O2. The van der Waals surface area contributed by atoms with Crippen LogP contribution in [0.1, 0.15) is 16.1 Å². The van der Waals surface area contributed by atoms with Crippen LogP contribution in [0.4, 0.5) is 0 Å². The van der Waals surface area contributed by atoms with E-state index < -0.39 is 0 Å². The number of nitrogens with zero attached hydrogens (tertiary/aromatic N) is 3. The molecule has 0 fully saturated rings. The summed E-state index contributed by atoms with van der Waals surface area (Å²) in [5, 5.41) is 4.18. The molecule has 21 heavy (non-hydrogen) atoms. The maximum absolute atomic E-state index is 12.3. The summed E-state index contributed by atoms with van der Waals surface area (Å²) < 4.78 is 7.61. The van der Waals surface area contributed by atoms with Gasteiger partial charge in [0.25, 0.3) is 5.91 Å². The van der Waals surface area contributed by atoms with Crippen molar-refractivity contribution in [1.29, 1.82) is 0 Å². The molecule has 0 aliphatic heterocycles. The van der Waals surface area contributed by atoms with Crippen molar-refractivity contribution in [3.05, 3.63) is 52.3 Å². The fourth-order valence-electron chi connectivity index (χ4n) is 1.97. The Balaban J connectivity index is 1.92. The van der Waals surface area contributed by atoms with Crippen LogP contribution in [0.5, 0.6) is 0 Å². The quantitative estimate of drug-likeness (QED) is 0.803. The number of hydrogen-bond acceptors (Lipinski definition) is 3. The van der Waals surface area contributed by atoms with Gasteiger partial charge in [0.05, 0.1) is 0 Å². The molecule has 0 saturated heterocycles. The van der Waals surface area contributed by atoms with E-state index in [4.69, 9.17) is 4.74 Å². The Morgan fingerprint density at radius 1 is 1.43 bits per heavy atom. The number of hydrogen-bond donors (Lipinski definition) is 0. The second kappa shape index (κ2) is 7.38. The van der Waals surface area contributed by atoms with Gasteiger partial charge >= 0.3 is 0 Å². The highest BCUT2D eigenvalue weighted by Gasteiger charge is 2.14. The molecule has 0 aliphatic carbocycles. The van der Waals surface area contributed by atoms with Crippen LogP contribution in [0, 0.1) is 0 Å². The van der Waals surface area contributed by atoms with E-state index in [1.54, 1.807) is 36.0 Å². The number of carbonyl (C=O) groups is 1. The molecule has 1 heterocycles. The highest BCUT2D eigenvalue weighted by molar-refractivity contribution is 9.10. The van der Waals surface area contributed by atoms with Gasteiger partial charge in [0.15, 0.2) is 0 Å². The number of carbonyl (C=O) groups excluding carboxylic acids is 1. The lowest BCUT2D eigenvalue weighted by Crippen LogP contribution is -2.29. The van der Waals surface area contributed by atoms with Crippen molar-refractivity contribution >= 4 is 21.8 Å². The van der Waals surface area contributed by atoms with Crippen LogP contribution >= 0.6 is 15.9 Å². The standard InChI is InChI=1S/C15H18BrN3O2/c1-18(8-6-12-4-3-5-13(16)10-12)15(20)14-7-9-19(17-14)11-21-2/h3-5,7,9-10H,6,8,11H2,1-2H3. The highest BCUT2D eigenvalue weighted by atomic mass is 79.9. The molecule has 2 aromatic rings. The van der Waals surface area contributed by atoms with Gasteiger partial charge in [-0.2, -0.15) is 5.10 Å². The van der Waals surface area contributed by atoms with Gasteiger partial charge in [-0.15, -0.1) is 0 Å². The van der Waals surface area contributed by atoms with E-state index in [9.17, 15) is 4.79 Å². The zero-order valence-corrected chi connectivity index (χ0v) is 13.7. The van der Waals surface area contributed by atoms with Gasteiger partial charge in [-0.05, 0) is 30.2 Å². The molecule has 0 saturated carbocycles. The van der Waals surface area contributed by atoms with Crippen molar-refractivity contribution in [3.63, 3.8) is 0 Å². The van der Waals surface area contributed by atoms with E-state index in [2.05, 4.69) is 33.2 Å². The van der Waals surface area contributed by atoms with E-state index in [0.29, 0.717) is 19.0 Å². The summed E-state index contributed by atoms with van der Waals surface area (Å²) in [6.45, 7) is 0.988. The molecule has 6 heteroatoms. The summed E-state index contributed by atoms with van der Waals surface area (Å²) in [7, 11) is 3.38. The van der Waals surface area contributed by atoms with Crippen LogP contribution in [-0.4, -0.2) is 41.3 Å². The Morgan fingerprint density at radius 2 is 2.24 bits per heavy atom. The van der Waals surface area contributed by atoms with Crippen LogP contribution in [0.3, 0.4) is 0 Å². The summed E-state index contributed by atoms with van der Waals surface area (Å²) in [5.74, 6) is -0.0835. The Kier molecular flexibility index (Phi) is 5.52. The monoisotopic (exact) mass is 351 g/mol. The van der Waals surface area contributed by atoms with Crippen LogP contribution in [0.2, 0.25) is 0 Å². The Labute approximate surface area is 132 Å². The van der Waals surface area contributed by atoms with Gasteiger partial charge in [0, 0.05) is 31.4 Å². The molecule has 1 aromatic heterocycles. The van der Waals surface area contributed by atoms with Crippen LogP contribution < -0.4 is 0 Å². The number of amides is 1. The van der Waals surface area contributed by atoms with Crippen molar-refractivity contribution < 1.29 is 9.53 Å². The average Bonchev–Trinajstić information content (AvgIpc) is 2.93. The number of benzene rings is 1. The van der Waals surface area contributed by atoms with Crippen molar-refractivity contribution in [2.24, 2.45) is 0 Å². The SMILES string of the molecule is COCn1ccc(C(=O)N(C)CCc2cccc(Br)c2)n1. The maximum atomic E-state index is 12.3. The predicted molar refractivity (Wildman–Crippen MR) is 84.0 cm³/mol. The van der Waals surface area contributed by atoms with Crippen molar-refractivity contribution in [2.45, 2.75) is 13.2 Å². The number of likely N-dealkylation sites (N-methyl/N-ethyl adjacent to an activating group) is 1. The van der Waals surface area contributed by atoms with E-state index in [-0.39, 0.29) is 5.91 Å². The smallest absolute Gasteiger partial charge is 0.274 e. The van der Waals surface area contributed by atoms with Gasteiger partial charge in [0.1, 0.15) is 12.4 Å². The van der Waals surface area contributed by atoms with Gasteiger partial charge < -0.3 is 9.64 Å². The van der Waals surface area contributed by atoms with Gasteiger partial charge in [-0.3, -0.25) is 4.79 Å². The molecule has 0 bridgehead atoms. The third-order valence-electron chi connectivity index (χ3n) is 3.09. The fourth-order valence-corrected chi connectivity index (χ4v) is 2.41. The fraction of sp³-hybridized carbons (Fsp3) is 0.333. The molecule has 0 atom stereocenters. The molecule has 2 rings (SSSR count). The lowest BCUT2D eigenvalue weighted by atomic mass is 10.1. The number of rotatable bonds is 6. The lowest BCUT2D eigenvalue weighted by molar-refractivity contribution is 0.0785. The minimum absolute atomic E-state index is 0.0835. The van der Waals surface area contributed by atoms with Gasteiger partial charge in [-0.25, -0.2) is 4.68 Å². The molecule has 0 spiro atoms. The summed E-state index contributed by atoms with van der Waals surface area (Å²) >= 11 is 3.45. The van der Waals surface area contributed by atoms with E-state index in [1.165, 1.54) is 5.56 Å². The first-order valence-electron chi connectivity index (χ1n) is 6.62. The summed E-state index contributed by atoms with van der Waals surface area (Å²) in [4.78, 5) is 13.9.